The lowest BCUT2D eigenvalue weighted by molar-refractivity contribution is 0.146. The van der Waals surface area contributed by atoms with Gasteiger partial charge in [-0.3, -0.25) is 0 Å². The molecule has 0 aliphatic heterocycles. The monoisotopic (exact) mass is 375 g/mol. The summed E-state index contributed by atoms with van der Waals surface area (Å²) in [5.41, 5.74) is 1.55. The number of rotatable bonds is 5. The zero-order chi connectivity index (χ0) is 19.1. The molecule has 26 heavy (non-hydrogen) atoms. The van der Waals surface area contributed by atoms with Crippen LogP contribution in [0.25, 0.3) is 10.9 Å². The highest BCUT2D eigenvalue weighted by molar-refractivity contribution is 7.90. The first-order chi connectivity index (χ1) is 12.2. The molecule has 0 radical (unpaired) electrons. The van der Waals surface area contributed by atoms with Gasteiger partial charge in [-0.25, -0.2) is 16.8 Å². The van der Waals surface area contributed by atoms with Crippen LogP contribution < -0.4 is 0 Å². The Morgan fingerprint density at radius 3 is 2.35 bits per heavy atom. The number of halogens is 1. The molecular weight excluding hydrogens is 353 g/mol. The van der Waals surface area contributed by atoms with Crippen LogP contribution in [0.1, 0.15) is 37.6 Å². The minimum absolute atomic E-state index is 0.128. The van der Waals surface area contributed by atoms with E-state index in [0.29, 0.717) is 17.3 Å². The molecule has 1 aromatic heterocycles. The lowest BCUT2D eigenvalue weighted by Gasteiger charge is -2.17. The van der Waals surface area contributed by atoms with Gasteiger partial charge in [0.25, 0.3) is 10.0 Å². The minimum Gasteiger partial charge on any atom is -0.387 e. The van der Waals surface area contributed by atoms with Crippen LogP contribution in [0.5, 0.6) is 0 Å². The quantitative estimate of drug-likeness (QED) is 0.719. The summed E-state index contributed by atoms with van der Waals surface area (Å²) in [6.07, 6.45) is -0.562. The molecule has 1 N–H and O–H groups in total. The first kappa shape index (κ1) is 18.6. The lowest BCUT2D eigenvalue weighted by atomic mass is 10.0. The molecule has 1 atom stereocenters. The summed E-state index contributed by atoms with van der Waals surface area (Å²) in [7, 11) is -3.93. The third-order valence-electron chi connectivity index (χ3n) is 4.34. The summed E-state index contributed by atoms with van der Waals surface area (Å²) >= 11 is 0. The summed E-state index contributed by atoms with van der Waals surface area (Å²) in [6, 6.07) is 12.0. The minimum atomic E-state index is -3.93. The van der Waals surface area contributed by atoms with Gasteiger partial charge in [-0.1, -0.05) is 31.5 Å². The van der Waals surface area contributed by atoms with Gasteiger partial charge in [0, 0.05) is 5.39 Å². The molecule has 2 aromatic carbocycles. The predicted molar refractivity (Wildman–Crippen MR) is 100 cm³/mol. The predicted octanol–water partition coefficient (Wildman–Crippen LogP) is 4.41. The van der Waals surface area contributed by atoms with E-state index in [9.17, 15) is 17.9 Å². The van der Waals surface area contributed by atoms with Crippen molar-refractivity contribution in [3.8, 4) is 0 Å². The van der Waals surface area contributed by atoms with Gasteiger partial charge >= 0.3 is 0 Å². The molecule has 0 fully saturated rings. The van der Waals surface area contributed by atoms with Gasteiger partial charge in [-0.15, -0.1) is 0 Å². The van der Waals surface area contributed by atoms with E-state index in [4.69, 9.17) is 0 Å². The molecule has 0 saturated carbocycles. The summed E-state index contributed by atoms with van der Waals surface area (Å²) in [5, 5.41) is 11.1. The molecule has 138 valence electrons. The summed E-state index contributed by atoms with van der Waals surface area (Å²) < 4.78 is 41.3. The smallest absolute Gasteiger partial charge is 0.268 e. The van der Waals surface area contributed by atoms with Crippen LogP contribution in [0.4, 0.5) is 4.39 Å². The lowest BCUT2D eigenvalue weighted by Crippen LogP contribution is -2.18. The molecule has 0 aliphatic carbocycles. The second kappa shape index (κ2) is 6.85. The van der Waals surface area contributed by atoms with E-state index < -0.39 is 21.9 Å². The first-order valence-corrected chi connectivity index (χ1v) is 9.95. The Kier molecular flexibility index (Phi) is 4.90. The van der Waals surface area contributed by atoms with Crippen LogP contribution >= 0.6 is 0 Å². The second-order valence-corrected chi connectivity index (χ2v) is 8.79. The van der Waals surface area contributed by atoms with Crippen molar-refractivity contribution in [1.82, 2.24) is 3.97 Å². The largest absolute Gasteiger partial charge is 0.387 e. The first-order valence-electron chi connectivity index (χ1n) is 8.51. The summed E-state index contributed by atoms with van der Waals surface area (Å²) in [6.45, 7) is 5.77. The maximum Gasteiger partial charge on any atom is 0.268 e. The van der Waals surface area contributed by atoms with Gasteiger partial charge in [-0.2, -0.15) is 0 Å². The number of hydrogen-bond donors (Lipinski definition) is 1. The Morgan fingerprint density at radius 1 is 1.08 bits per heavy atom. The van der Waals surface area contributed by atoms with E-state index in [0.717, 1.165) is 9.54 Å². The van der Waals surface area contributed by atoms with E-state index in [-0.39, 0.29) is 16.5 Å². The Bertz CT molecular complexity index is 1040. The van der Waals surface area contributed by atoms with Crippen LogP contribution in [0.15, 0.2) is 53.4 Å². The maximum absolute atomic E-state index is 13.6. The molecule has 3 rings (SSSR count). The fraction of sp³-hybridized carbons (Fsp3) is 0.300. The number of aliphatic hydroxyl groups excluding tert-OH is 1. The SMILES string of the molecule is Cc1ccc(S(=O)(=O)n2c(C(O)CC(C)C)cc3cc(F)ccc32)cc1. The molecular formula is C20H22FNO3S. The van der Waals surface area contributed by atoms with Crippen molar-refractivity contribution in [2.75, 3.05) is 0 Å². The van der Waals surface area contributed by atoms with Crippen molar-refractivity contribution >= 4 is 20.9 Å². The van der Waals surface area contributed by atoms with Gasteiger partial charge < -0.3 is 5.11 Å². The van der Waals surface area contributed by atoms with Crippen LogP contribution in [0.2, 0.25) is 0 Å². The molecule has 0 saturated heterocycles. The average molecular weight is 375 g/mol. The Morgan fingerprint density at radius 2 is 1.73 bits per heavy atom. The van der Waals surface area contributed by atoms with Crippen molar-refractivity contribution < 1.29 is 17.9 Å². The molecule has 0 bridgehead atoms. The van der Waals surface area contributed by atoms with E-state index in [1.165, 1.54) is 18.2 Å². The fourth-order valence-electron chi connectivity index (χ4n) is 3.07. The van der Waals surface area contributed by atoms with Crippen molar-refractivity contribution in [3.63, 3.8) is 0 Å². The fourth-order valence-corrected chi connectivity index (χ4v) is 4.63. The van der Waals surface area contributed by atoms with Crippen molar-refractivity contribution in [1.29, 1.82) is 0 Å². The number of aliphatic hydroxyl groups is 1. The van der Waals surface area contributed by atoms with Gasteiger partial charge in [0.15, 0.2) is 0 Å². The van der Waals surface area contributed by atoms with Crippen LogP contribution in [-0.4, -0.2) is 17.5 Å². The van der Waals surface area contributed by atoms with E-state index in [1.54, 1.807) is 30.3 Å². The third-order valence-corrected chi connectivity index (χ3v) is 6.10. The molecule has 1 unspecified atom stereocenters. The molecule has 3 aromatic rings. The number of hydrogen-bond acceptors (Lipinski definition) is 3. The highest BCUT2D eigenvalue weighted by Crippen LogP contribution is 2.32. The van der Waals surface area contributed by atoms with E-state index >= 15 is 0 Å². The van der Waals surface area contributed by atoms with E-state index in [2.05, 4.69) is 0 Å². The van der Waals surface area contributed by atoms with Gasteiger partial charge in [0.1, 0.15) is 5.82 Å². The molecule has 4 nitrogen and oxygen atoms in total. The topological polar surface area (TPSA) is 59.3 Å². The molecule has 0 aliphatic rings. The Balaban J connectivity index is 2.27. The molecule has 0 amide bonds. The number of nitrogens with zero attached hydrogens (tertiary/aromatic N) is 1. The highest BCUT2D eigenvalue weighted by Gasteiger charge is 2.26. The maximum atomic E-state index is 13.6. The highest BCUT2D eigenvalue weighted by atomic mass is 32.2. The number of fused-ring (bicyclic) bond motifs is 1. The summed E-state index contributed by atoms with van der Waals surface area (Å²) in [5.74, 6) is -0.275. The zero-order valence-corrected chi connectivity index (χ0v) is 15.8. The van der Waals surface area contributed by atoms with Crippen molar-refractivity contribution in [3.05, 3.63) is 65.6 Å². The number of aromatic nitrogens is 1. The third kappa shape index (κ3) is 3.39. The van der Waals surface area contributed by atoms with Crippen LogP contribution in [0, 0.1) is 18.7 Å². The van der Waals surface area contributed by atoms with Gasteiger partial charge in [-0.05, 0) is 55.7 Å². The standard InChI is InChI=1S/C20H22FNO3S/c1-13(2)10-20(23)19-12-15-11-16(21)6-9-18(15)22(19)26(24,25)17-7-4-14(3)5-8-17/h4-9,11-13,20,23H,10H2,1-3H3. The number of aryl methyl sites for hydroxylation is 1. The van der Waals surface area contributed by atoms with E-state index in [1.807, 2.05) is 20.8 Å². The van der Waals surface area contributed by atoms with Crippen LogP contribution in [0.3, 0.4) is 0 Å². The van der Waals surface area contributed by atoms with Crippen molar-refractivity contribution in [2.45, 2.75) is 38.2 Å². The molecule has 1 heterocycles. The second-order valence-electron chi connectivity index (χ2n) is 7.00. The van der Waals surface area contributed by atoms with Gasteiger partial charge in [0.05, 0.1) is 22.2 Å². The average Bonchev–Trinajstić information content (AvgIpc) is 2.94. The van der Waals surface area contributed by atoms with Gasteiger partial charge in [0.2, 0.25) is 0 Å². The molecule has 0 spiro atoms. The Labute approximate surface area is 152 Å². The summed E-state index contributed by atoms with van der Waals surface area (Å²) in [4.78, 5) is 0.128. The Hall–Kier alpha value is -2.18. The normalized spacial score (nSPS) is 13.5. The zero-order valence-electron chi connectivity index (χ0n) is 15.0. The van der Waals surface area contributed by atoms with Crippen LogP contribution in [-0.2, 0) is 10.0 Å². The van der Waals surface area contributed by atoms with Crippen molar-refractivity contribution in [2.24, 2.45) is 5.92 Å². The molecule has 6 heteroatoms. The number of benzene rings is 2.